The zero-order valence-corrected chi connectivity index (χ0v) is 32.4. The second-order valence-corrected chi connectivity index (χ2v) is 19.4. The van der Waals surface area contributed by atoms with Crippen molar-refractivity contribution in [3.63, 3.8) is 0 Å². The Kier molecular flexibility index (Phi) is 22.8. The topological polar surface area (TPSA) is 120 Å². The molecule has 5 atom stereocenters. The number of carbonyl (C=O) groups is 3. The first-order valence-corrected chi connectivity index (χ1v) is 20.7. The van der Waals surface area contributed by atoms with Gasteiger partial charge in [-0.25, -0.2) is 14.4 Å². The quantitative estimate of drug-likeness (QED) is 0.0428. The number of carbonyl (C=O) groups excluding carboxylic acids is 3. The summed E-state index contributed by atoms with van der Waals surface area (Å²) in [6, 6.07) is 0.699. The molecule has 1 amide bonds. The summed E-state index contributed by atoms with van der Waals surface area (Å²) in [5.41, 5.74) is -0.823. The van der Waals surface area contributed by atoms with E-state index < -0.39 is 50.2 Å². The van der Waals surface area contributed by atoms with Crippen molar-refractivity contribution in [2.75, 3.05) is 13.7 Å². The molecule has 2 N–H and O–H groups in total. The Labute approximate surface area is 282 Å². The van der Waals surface area contributed by atoms with E-state index in [-0.39, 0.29) is 18.4 Å². The molecule has 0 heterocycles. The van der Waals surface area contributed by atoms with E-state index >= 15 is 0 Å². The number of aliphatic hydroxyl groups excluding tert-OH is 1. The third kappa shape index (κ3) is 18.6. The van der Waals surface area contributed by atoms with Crippen LogP contribution in [0.3, 0.4) is 0 Å². The Morgan fingerprint density at radius 1 is 0.739 bits per heavy atom. The predicted molar refractivity (Wildman–Crippen MR) is 188 cm³/mol. The molecule has 0 aliphatic carbocycles. The molecule has 0 radical (unpaired) electrons. The largest absolute Gasteiger partial charge is 0.467 e. The number of methoxy groups -OCH3 is 1. The number of rotatable bonds is 25. The molecule has 0 aliphatic heterocycles. The number of alkyl carbamates (subject to hydrolysis) is 1. The van der Waals surface area contributed by atoms with Crippen molar-refractivity contribution in [3.8, 4) is 0 Å². The maximum atomic E-state index is 13.5. The van der Waals surface area contributed by atoms with Crippen molar-refractivity contribution < 1.29 is 38.1 Å². The lowest BCUT2D eigenvalue weighted by molar-refractivity contribution is -0.161. The highest BCUT2D eigenvalue weighted by molar-refractivity contribution is 6.73. The fourth-order valence-corrected chi connectivity index (χ4v) is 8.49. The van der Waals surface area contributed by atoms with Crippen LogP contribution in [0, 0.1) is 17.8 Å². The lowest BCUT2D eigenvalue weighted by Crippen LogP contribution is -2.58. The molecular weight excluding hydrogens is 602 g/mol. The highest BCUT2D eigenvalue weighted by atomic mass is 28.4. The summed E-state index contributed by atoms with van der Waals surface area (Å²) in [4.78, 5) is 39.3. The third-order valence-corrected chi connectivity index (χ3v) is 13.7. The van der Waals surface area contributed by atoms with Crippen LogP contribution in [0.15, 0.2) is 0 Å². The van der Waals surface area contributed by atoms with Gasteiger partial charge in [0.1, 0.15) is 5.60 Å². The number of nitrogens with one attached hydrogen (secondary N) is 1. The minimum atomic E-state index is -2.42. The van der Waals surface area contributed by atoms with E-state index in [2.05, 4.69) is 19.2 Å². The van der Waals surface area contributed by atoms with Gasteiger partial charge in [-0.1, -0.05) is 113 Å². The molecule has 0 bridgehead atoms. The Balaban J connectivity index is 5.14. The molecule has 0 aromatic heterocycles. The van der Waals surface area contributed by atoms with Crippen LogP contribution in [0.25, 0.3) is 0 Å². The van der Waals surface area contributed by atoms with E-state index in [1.165, 1.54) is 58.5 Å². The molecule has 0 saturated heterocycles. The van der Waals surface area contributed by atoms with Crippen molar-refractivity contribution in [1.29, 1.82) is 0 Å². The van der Waals surface area contributed by atoms with Gasteiger partial charge in [-0.3, -0.25) is 0 Å². The number of hydrogen-bond donors (Lipinski definition) is 2. The maximum absolute atomic E-state index is 13.5. The van der Waals surface area contributed by atoms with Gasteiger partial charge in [0, 0.05) is 5.92 Å². The van der Waals surface area contributed by atoms with Crippen LogP contribution in [-0.4, -0.2) is 69.0 Å². The maximum Gasteiger partial charge on any atom is 0.408 e. The summed E-state index contributed by atoms with van der Waals surface area (Å²) < 4.78 is 22.4. The Morgan fingerprint density at radius 3 is 1.65 bits per heavy atom. The van der Waals surface area contributed by atoms with E-state index in [0.717, 1.165) is 43.3 Å². The van der Waals surface area contributed by atoms with Crippen LogP contribution >= 0.6 is 0 Å². The molecule has 0 spiro atoms. The highest BCUT2D eigenvalue weighted by Gasteiger charge is 2.44. The average Bonchev–Trinajstić information content (AvgIpc) is 3.00. The number of hydrogen-bond acceptors (Lipinski definition) is 8. The number of ether oxygens (including phenoxy) is 3. The van der Waals surface area contributed by atoms with Gasteiger partial charge in [-0.15, -0.1) is 0 Å². The minimum Gasteiger partial charge on any atom is -0.467 e. The third-order valence-electron chi connectivity index (χ3n) is 9.07. The Morgan fingerprint density at radius 2 is 1.22 bits per heavy atom. The lowest BCUT2D eigenvalue weighted by Gasteiger charge is -2.35. The first kappa shape index (κ1) is 44.3. The van der Waals surface area contributed by atoms with Gasteiger partial charge < -0.3 is 29.1 Å². The van der Waals surface area contributed by atoms with Crippen molar-refractivity contribution in [1.82, 2.24) is 5.32 Å². The SMILES string of the molecule is CC[Si](CC)(CC)O[C@H](C(=O)OC)[C@H](NC(=O)OC(C)(C)C)C(=O)OC[C@@H](C)[C@@H](O)[C@H](C)CCCCCCCCCCCC(C)C. The average molecular weight is 674 g/mol. The first-order chi connectivity index (χ1) is 21.6. The van der Waals surface area contributed by atoms with E-state index in [0.29, 0.717) is 0 Å². The summed E-state index contributed by atoms with van der Waals surface area (Å²) in [6.07, 6.45) is 10.7. The molecule has 272 valence electrons. The fourth-order valence-electron chi connectivity index (χ4n) is 5.72. The van der Waals surface area contributed by atoms with Crippen molar-refractivity contribution in [2.45, 2.75) is 182 Å². The zero-order valence-electron chi connectivity index (χ0n) is 31.4. The molecule has 10 heteroatoms. The van der Waals surface area contributed by atoms with Crippen LogP contribution in [-0.2, 0) is 28.2 Å². The molecule has 0 rings (SSSR count). The number of unbranched alkanes of at least 4 members (excludes halogenated alkanes) is 8. The van der Waals surface area contributed by atoms with Gasteiger partial charge in [0.15, 0.2) is 20.5 Å². The number of aliphatic hydroxyl groups is 1. The number of amides is 1. The smallest absolute Gasteiger partial charge is 0.408 e. The van der Waals surface area contributed by atoms with Gasteiger partial charge in [0.25, 0.3) is 0 Å². The van der Waals surface area contributed by atoms with Gasteiger partial charge in [0.2, 0.25) is 0 Å². The summed E-state index contributed by atoms with van der Waals surface area (Å²) in [7, 11) is -1.20. The van der Waals surface area contributed by atoms with Crippen molar-refractivity contribution >= 4 is 26.3 Å². The monoisotopic (exact) mass is 673 g/mol. The Bertz CT molecular complexity index is 834. The molecule has 9 nitrogen and oxygen atoms in total. The van der Waals surface area contributed by atoms with Crippen LogP contribution in [0.1, 0.15) is 140 Å². The lowest BCUT2D eigenvalue weighted by atomic mass is 9.89. The zero-order chi connectivity index (χ0) is 35.3. The molecule has 0 saturated carbocycles. The predicted octanol–water partition coefficient (Wildman–Crippen LogP) is 8.57. The minimum absolute atomic E-state index is 0.0433. The standard InChI is InChI=1S/C36H71NO8Si/c1-12-46(13-2,14-3)45-32(34(40)42-11)30(37-35(41)44-36(8,9)10)33(39)43-26-29(7)31(38)28(6)25-23-21-19-17-15-16-18-20-22-24-27(4)5/h27-32,38H,12-26H2,1-11H3,(H,37,41)/t28-,29-,30+,31+,32+/m1/s1. The van der Waals surface area contributed by atoms with Crippen molar-refractivity contribution in [2.24, 2.45) is 17.8 Å². The summed E-state index contributed by atoms with van der Waals surface area (Å²) in [5, 5.41) is 13.5. The van der Waals surface area contributed by atoms with Gasteiger partial charge in [-0.05, 0) is 57.2 Å². The second-order valence-electron chi connectivity index (χ2n) is 14.7. The fraction of sp³-hybridized carbons (Fsp3) is 0.917. The van der Waals surface area contributed by atoms with E-state index in [1.807, 2.05) is 34.6 Å². The number of esters is 2. The molecule has 0 aliphatic rings. The van der Waals surface area contributed by atoms with Crippen LogP contribution < -0.4 is 5.32 Å². The summed E-state index contributed by atoms with van der Waals surface area (Å²) in [5.74, 6) is -1.10. The molecule has 0 fully saturated rings. The summed E-state index contributed by atoms with van der Waals surface area (Å²) in [6.45, 7) is 19.5. The molecule has 0 aromatic carbocycles. The second kappa shape index (κ2) is 23.6. The van der Waals surface area contributed by atoms with E-state index in [1.54, 1.807) is 20.8 Å². The normalized spacial score (nSPS) is 15.5. The van der Waals surface area contributed by atoms with Crippen molar-refractivity contribution in [3.05, 3.63) is 0 Å². The van der Waals surface area contributed by atoms with Crippen LogP contribution in [0.2, 0.25) is 18.1 Å². The van der Waals surface area contributed by atoms with E-state index in [9.17, 15) is 19.5 Å². The van der Waals surface area contributed by atoms with Gasteiger partial charge >= 0.3 is 18.0 Å². The Hall–Kier alpha value is -1.65. The highest BCUT2D eigenvalue weighted by Crippen LogP contribution is 2.26. The molecule has 0 aromatic rings. The van der Waals surface area contributed by atoms with Crippen LogP contribution in [0.4, 0.5) is 4.79 Å². The first-order valence-electron chi connectivity index (χ1n) is 18.2. The van der Waals surface area contributed by atoms with E-state index in [4.69, 9.17) is 18.6 Å². The molecule has 46 heavy (non-hydrogen) atoms. The van der Waals surface area contributed by atoms with Crippen LogP contribution in [0.5, 0.6) is 0 Å². The van der Waals surface area contributed by atoms with Gasteiger partial charge in [0.05, 0.1) is 19.8 Å². The van der Waals surface area contributed by atoms with Gasteiger partial charge in [-0.2, -0.15) is 0 Å². The molecular formula is C36H71NO8Si. The summed E-state index contributed by atoms with van der Waals surface area (Å²) >= 11 is 0. The molecule has 0 unspecified atom stereocenters.